The number of benzene rings is 2. The number of carbonyl (C=O) groups excluding carboxylic acids is 1. The van der Waals surface area contributed by atoms with E-state index in [1.807, 2.05) is 42.5 Å². The van der Waals surface area contributed by atoms with Gasteiger partial charge in [-0.1, -0.05) is 41.4 Å². The Bertz CT molecular complexity index is 742. The van der Waals surface area contributed by atoms with Gasteiger partial charge in [0, 0.05) is 10.0 Å². The van der Waals surface area contributed by atoms with Crippen LogP contribution in [0.25, 0.3) is 0 Å². The van der Waals surface area contributed by atoms with Crippen LogP contribution < -0.4 is 9.47 Å². The molecule has 0 spiro atoms. The third kappa shape index (κ3) is 3.82. The average molecular weight is 405 g/mol. The van der Waals surface area contributed by atoms with Crippen LogP contribution in [0.5, 0.6) is 11.5 Å². The van der Waals surface area contributed by atoms with E-state index in [9.17, 15) is 4.79 Å². The standard InChI is InChI=1S/C20H21BrO4/c1-3-4-11-24-15-8-5-13(6-9-15)19-18(20(22)23-2)16-12-14(21)7-10-17(16)25-19/h5-10,12,18-19H,3-4,11H2,1-2H3/t18-,19+/m0/s1. The van der Waals surface area contributed by atoms with Crippen molar-refractivity contribution in [2.75, 3.05) is 13.7 Å². The molecular weight excluding hydrogens is 384 g/mol. The van der Waals surface area contributed by atoms with Gasteiger partial charge in [0.05, 0.1) is 13.7 Å². The lowest BCUT2D eigenvalue weighted by Gasteiger charge is -2.18. The van der Waals surface area contributed by atoms with E-state index in [2.05, 4.69) is 22.9 Å². The van der Waals surface area contributed by atoms with Gasteiger partial charge in [-0.3, -0.25) is 4.79 Å². The van der Waals surface area contributed by atoms with E-state index in [4.69, 9.17) is 14.2 Å². The molecule has 0 bridgehead atoms. The Morgan fingerprint density at radius 2 is 1.96 bits per heavy atom. The SMILES string of the molecule is CCCCOc1ccc([C@H]2Oc3ccc(Br)cc3[C@@H]2C(=O)OC)cc1. The van der Waals surface area contributed by atoms with Crippen LogP contribution in [-0.2, 0) is 9.53 Å². The highest BCUT2D eigenvalue weighted by Gasteiger charge is 2.41. The first-order valence-electron chi connectivity index (χ1n) is 8.40. The molecular formula is C20H21BrO4. The molecule has 3 rings (SSSR count). The van der Waals surface area contributed by atoms with E-state index in [0.717, 1.165) is 34.2 Å². The largest absolute Gasteiger partial charge is 0.494 e. The van der Waals surface area contributed by atoms with Gasteiger partial charge in [0.25, 0.3) is 0 Å². The summed E-state index contributed by atoms with van der Waals surface area (Å²) in [7, 11) is 1.40. The van der Waals surface area contributed by atoms with Gasteiger partial charge in [0.1, 0.15) is 23.5 Å². The van der Waals surface area contributed by atoms with Crippen molar-refractivity contribution in [3.63, 3.8) is 0 Å². The Hall–Kier alpha value is -2.01. The molecule has 1 heterocycles. The van der Waals surface area contributed by atoms with Crippen LogP contribution in [0, 0.1) is 0 Å². The Kier molecular flexibility index (Phi) is 5.63. The van der Waals surface area contributed by atoms with Gasteiger partial charge in [-0.15, -0.1) is 0 Å². The van der Waals surface area contributed by atoms with Gasteiger partial charge < -0.3 is 14.2 Å². The summed E-state index contributed by atoms with van der Waals surface area (Å²) < 4.78 is 17.7. The lowest BCUT2D eigenvalue weighted by molar-refractivity contribution is -0.144. The summed E-state index contributed by atoms with van der Waals surface area (Å²) in [4.78, 5) is 12.4. The molecule has 2 atom stereocenters. The van der Waals surface area contributed by atoms with Gasteiger partial charge in [0.15, 0.2) is 0 Å². The maximum absolute atomic E-state index is 12.4. The third-order valence-electron chi connectivity index (χ3n) is 4.29. The van der Waals surface area contributed by atoms with Crippen LogP contribution in [0.1, 0.15) is 42.9 Å². The van der Waals surface area contributed by atoms with Crippen molar-refractivity contribution in [1.29, 1.82) is 0 Å². The monoisotopic (exact) mass is 404 g/mol. The van der Waals surface area contributed by atoms with Crippen molar-refractivity contribution in [2.45, 2.75) is 31.8 Å². The maximum atomic E-state index is 12.4. The van der Waals surface area contributed by atoms with Gasteiger partial charge in [0.2, 0.25) is 0 Å². The summed E-state index contributed by atoms with van der Waals surface area (Å²) in [6.07, 6.45) is 1.73. The summed E-state index contributed by atoms with van der Waals surface area (Å²) >= 11 is 3.45. The third-order valence-corrected chi connectivity index (χ3v) is 4.79. The van der Waals surface area contributed by atoms with Gasteiger partial charge in [-0.05, 0) is 42.3 Å². The van der Waals surface area contributed by atoms with E-state index in [0.29, 0.717) is 12.4 Å². The zero-order valence-corrected chi connectivity index (χ0v) is 15.9. The molecule has 1 aliphatic rings. The van der Waals surface area contributed by atoms with E-state index >= 15 is 0 Å². The number of unbranched alkanes of at least 4 members (excludes halogenated alkanes) is 1. The molecule has 132 valence electrons. The Balaban J connectivity index is 1.84. The summed E-state index contributed by atoms with van der Waals surface area (Å²) in [5.41, 5.74) is 1.76. The second-order valence-electron chi connectivity index (χ2n) is 5.99. The highest BCUT2D eigenvalue weighted by atomic mass is 79.9. The molecule has 0 amide bonds. The molecule has 0 N–H and O–H groups in total. The van der Waals surface area contributed by atoms with Crippen LogP contribution in [0.2, 0.25) is 0 Å². The number of ether oxygens (including phenoxy) is 3. The first kappa shape index (κ1) is 17.8. The second kappa shape index (κ2) is 7.91. The average Bonchev–Trinajstić information content (AvgIpc) is 3.00. The van der Waals surface area contributed by atoms with Crippen molar-refractivity contribution in [1.82, 2.24) is 0 Å². The smallest absolute Gasteiger partial charge is 0.317 e. The highest BCUT2D eigenvalue weighted by Crippen LogP contribution is 2.47. The topological polar surface area (TPSA) is 44.8 Å². The number of hydrogen-bond acceptors (Lipinski definition) is 4. The molecule has 4 nitrogen and oxygen atoms in total. The molecule has 0 unspecified atom stereocenters. The molecule has 0 aliphatic carbocycles. The number of esters is 1. The highest BCUT2D eigenvalue weighted by molar-refractivity contribution is 9.10. The number of methoxy groups -OCH3 is 1. The van der Waals surface area contributed by atoms with Crippen LogP contribution in [0.3, 0.4) is 0 Å². The minimum Gasteiger partial charge on any atom is -0.494 e. The van der Waals surface area contributed by atoms with Crippen LogP contribution in [0.4, 0.5) is 0 Å². The summed E-state index contributed by atoms with van der Waals surface area (Å²) in [5, 5.41) is 0. The quantitative estimate of drug-likeness (QED) is 0.500. The van der Waals surface area contributed by atoms with E-state index in [-0.39, 0.29) is 5.97 Å². The fourth-order valence-electron chi connectivity index (χ4n) is 2.96. The molecule has 1 aliphatic heterocycles. The van der Waals surface area contributed by atoms with Crippen molar-refractivity contribution < 1.29 is 19.0 Å². The molecule has 0 fully saturated rings. The second-order valence-corrected chi connectivity index (χ2v) is 6.91. The van der Waals surface area contributed by atoms with E-state index < -0.39 is 12.0 Å². The Labute approximate surface area is 156 Å². The zero-order chi connectivity index (χ0) is 17.8. The van der Waals surface area contributed by atoms with Crippen LogP contribution in [-0.4, -0.2) is 19.7 Å². The molecule has 0 aromatic heterocycles. The van der Waals surface area contributed by atoms with Crippen LogP contribution >= 0.6 is 15.9 Å². The molecule has 2 aromatic carbocycles. The number of fused-ring (bicyclic) bond motifs is 1. The minimum atomic E-state index is -0.482. The molecule has 0 saturated heterocycles. The number of hydrogen-bond donors (Lipinski definition) is 0. The normalized spacial score (nSPS) is 18.4. The minimum absolute atomic E-state index is 0.301. The molecule has 2 aromatic rings. The van der Waals surface area contributed by atoms with Crippen molar-refractivity contribution in [3.05, 3.63) is 58.1 Å². The fourth-order valence-corrected chi connectivity index (χ4v) is 3.34. The Morgan fingerprint density at radius 3 is 2.64 bits per heavy atom. The predicted molar refractivity (Wildman–Crippen MR) is 99.1 cm³/mol. The van der Waals surface area contributed by atoms with Gasteiger partial charge in [-0.25, -0.2) is 0 Å². The Morgan fingerprint density at radius 1 is 1.20 bits per heavy atom. The zero-order valence-electron chi connectivity index (χ0n) is 14.3. The summed E-state index contributed by atoms with van der Waals surface area (Å²) in [6, 6.07) is 13.4. The summed E-state index contributed by atoms with van der Waals surface area (Å²) in [6.45, 7) is 2.84. The molecule has 0 saturated carbocycles. The van der Waals surface area contributed by atoms with Gasteiger partial charge >= 0.3 is 5.97 Å². The predicted octanol–water partition coefficient (Wildman–Crippen LogP) is 5.02. The number of halogens is 1. The molecule has 5 heteroatoms. The lowest BCUT2D eigenvalue weighted by atomic mass is 9.91. The number of rotatable bonds is 6. The van der Waals surface area contributed by atoms with Crippen molar-refractivity contribution >= 4 is 21.9 Å². The first-order valence-corrected chi connectivity index (χ1v) is 9.20. The molecule has 25 heavy (non-hydrogen) atoms. The van der Waals surface area contributed by atoms with Crippen LogP contribution in [0.15, 0.2) is 46.9 Å². The molecule has 0 radical (unpaired) electrons. The fraction of sp³-hybridized carbons (Fsp3) is 0.350. The van der Waals surface area contributed by atoms with Gasteiger partial charge in [-0.2, -0.15) is 0 Å². The van der Waals surface area contributed by atoms with E-state index in [1.165, 1.54) is 7.11 Å². The lowest BCUT2D eigenvalue weighted by Crippen LogP contribution is -2.20. The maximum Gasteiger partial charge on any atom is 0.317 e. The van der Waals surface area contributed by atoms with E-state index in [1.54, 1.807) is 0 Å². The van der Waals surface area contributed by atoms with Crippen molar-refractivity contribution in [3.8, 4) is 11.5 Å². The number of carbonyl (C=O) groups is 1. The summed E-state index contributed by atoms with van der Waals surface area (Å²) in [5.74, 6) is 0.756. The van der Waals surface area contributed by atoms with Crippen molar-refractivity contribution in [2.24, 2.45) is 0 Å². The first-order chi connectivity index (χ1) is 12.1.